The number of ether oxygens (including phenoxy) is 1. The Morgan fingerprint density at radius 3 is 2.76 bits per heavy atom. The molecule has 0 bridgehead atoms. The Morgan fingerprint density at radius 2 is 2.12 bits per heavy atom. The average Bonchev–Trinajstić information content (AvgIpc) is 2.59. The second-order valence-corrected chi connectivity index (χ2v) is 4.39. The van der Waals surface area contributed by atoms with Gasteiger partial charge in [-0.15, -0.1) is 0 Å². The first kappa shape index (κ1) is 12.1. The van der Waals surface area contributed by atoms with E-state index in [1.807, 2.05) is 30.3 Å². The van der Waals surface area contributed by atoms with E-state index in [1.54, 1.807) is 0 Å². The third-order valence-corrected chi connectivity index (χ3v) is 2.88. The van der Waals surface area contributed by atoms with Crippen LogP contribution in [0.3, 0.4) is 0 Å². The molecule has 17 heavy (non-hydrogen) atoms. The molecule has 1 aliphatic heterocycles. The number of carbonyl (C=O) groups excluding carboxylic acids is 1. The molecular weight excluding hydrogens is 218 g/mol. The molecule has 1 saturated heterocycles. The van der Waals surface area contributed by atoms with Crippen molar-refractivity contribution in [1.29, 1.82) is 0 Å². The summed E-state index contributed by atoms with van der Waals surface area (Å²) >= 11 is 0. The van der Waals surface area contributed by atoms with Crippen LogP contribution in [0.2, 0.25) is 0 Å². The van der Waals surface area contributed by atoms with Crippen molar-refractivity contribution in [2.75, 3.05) is 13.1 Å². The Balaban J connectivity index is 1.91. The highest BCUT2D eigenvalue weighted by Crippen LogP contribution is 2.16. The first-order valence-corrected chi connectivity index (χ1v) is 5.76. The van der Waals surface area contributed by atoms with Gasteiger partial charge in [-0.05, 0) is 5.56 Å². The van der Waals surface area contributed by atoms with Crippen molar-refractivity contribution in [3.63, 3.8) is 0 Å². The van der Waals surface area contributed by atoms with Gasteiger partial charge in [0.1, 0.15) is 12.2 Å². The molecule has 2 rings (SSSR count). The maximum absolute atomic E-state index is 10.9. The fourth-order valence-electron chi connectivity index (χ4n) is 2.13. The van der Waals surface area contributed by atoms with Crippen LogP contribution in [0.1, 0.15) is 12.5 Å². The van der Waals surface area contributed by atoms with Gasteiger partial charge in [-0.3, -0.25) is 9.69 Å². The number of likely N-dealkylation sites (tertiary alicyclic amines) is 1. The Bertz CT molecular complexity index is 380. The van der Waals surface area contributed by atoms with E-state index < -0.39 is 12.2 Å². The van der Waals surface area contributed by atoms with E-state index in [9.17, 15) is 9.90 Å². The zero-order chi connectivity index (χ0) is 12.3. The summed E-state index contributed by atoms with van der Waals surface area (Å²) in [6.45, 7) is 3.28. The summed E-state index contributed by atoms with van der Waals surface area (Å²) in [5.41, 5.74) is 1.20. The first-order valence-electron chi connectivity index (χ1n) is 5.76. The Hall–Kier alpha value is -1.39. The molecule has 0 radical (unpaired) electrons. The summed E-state index contributed by atoms with van der Waals surface area (Å²) in [5, 5.41) is 9.77. The minimum Gasteiger partial charge on any atom is -0.458 e. The highest BCUT2D eigenvalue weighted by molar-refractivity contribution is 5.66. The summed E-state index contributed by atoms with van der Waals surface area (Å²) in [7, 11) is 0. The fraction of sp³-hybridized carbons (Fsp3) is 0.462. The van der Waals surface area contributed by atoms with Crippen LogP contribution in [0.15, 0.2) is 30.3 Å². The molecule has 1 aromatic carbocycles. The van der Waals surface area contributed by atoms with Crippen LogP contribution in [0.4, 0.5) is 0 Å². The number of aliphatic hydroxyl groups is 1. The number of carbonyl (C=O) groups is 1. The zero-order valence-electron chi connectivity index (χ0n) is 9.87. The summed E-state index contributed by atoms with van der Waals surface area (Å²) in [5.74, 6) is -0.337. The van der Waals surface area contributed by atoms with Gasteiger partial charge < -0.3 is 9.84 Å². The largest absolute Gasteiger partial charge is 0.458 e. The molecule has 0 spiro atoms. The second kappa shape index (κ2) is 5.29. The quantitative estimate of drug-likeness (QED) is 0.787. The Kier molecular flexibility index (Phi) is 3.76. The first-order chi connectivity index (χ1) is 8.15. The van der Waals surface area contributed by atoms with Gasteiger partial charge in [-0.2, -0.15) is 0 Å². The van der Waals surface area contributed by atoms with Crippen molar-refractivity contribution >= 4 is 5.97 Å². The van der Waals surface area contributed by atoms with E-state index in [1.165, 1.54) is 12.5 Å². The van der Waals surface area contributed by atoms with Crippen LogP contribution < -0.4 is 0 Å². The van der Waals surface area contributed by atoms with Gasteiger partial charge in [0.05, 0.1) is 0 Å². The lowest BCUT2D eigenvalue weighted by atomic mass is 10.2. The number of nitrogens with zero attached hydrogens (tertiary/aromatic N) is 1. The number of hydrogen-bond acceptors (Lipinski definition) is 4. The van der Waals surface area contributed by atoms with Crippen molar-refractivity contribution in [1.82, 2.24) is 4.90 Å². The molecule has 2 atom stereocenters. The molecule has 1 N–H and O–H groups in total. The van der Waals surface area contributed by atoms with Gasteiger partial charge in [0, 0.05) is 26.6 Å². The monoisotopic (exact) mass is 235 g/mol. The lowest BCUT2D eigenvalue weighted by Gasteiger charge is -2.15. The maximum Gasteiger partial charge on any atom is 0.303 e. The molecular formula is C13H17NO3. The van der Waals surface area contributed by atoms with E-state index in [0.717, 1.165) is 6.54 Å². The van der Waals surface area contributed by atoms with Crippen LogP contribution in [0, 0.1) is 0 Å². The highest BCUT2D eigenvalue weighted by atomic mass is 16.6. The van der Waals surface area contributed by atoms with Crippen LogP contribution in [0.5, 0.6) is 0 Å². The van der Waals surface area contributed by atoms with Crippen LogP contribution >= 0.6 is 0 Å². The molecule has 1 fully saturated rings. The van der Waals surface area contributed by atoms with Gasteiger partial charge in [0.25, 0.3) is 0 Å². The molecule has 1 heterocycles. The molecule has 0 aromatic heterocycles. The number of β-amino-alcohol motifs (C(OH)–C–C–N with tert-alkyl or cyclic N) is 1. The van der Waals surface area contributed by atoms with Crippen molar-refractivity contribution in [2.24, 2.45) is 0 Å². The standard InChI is InChI=1S/C13H17NO3/c1-10(15)17-13-9-14(8-12(13)16)7-11-5-3-2-4-6-11/h2-6,12-13,16H,7-9H2,1H3. The van der Waals surface area contributed by atoms with E-state index in [2.05, 4.69) is 4.90 Å². The van der Waals surface area contributed by atoms with E-state index in [4.69, 9.17) is 4.74 Å². The SMILES string of the molecule is CC(=O)OC1CN(Cc2ccccc2)CC1O. The molecule has 0 aliphatic carbocycles. The zero-order valence-corrected chi connectivity index (χ0v) is 9.87. The minimum atomic E-state index is -0.581. The molecule has 4 nitrogen and oxygen atoms in total. The highest BCUT2D eigenvalue weighted by Gasteiger charge is 2.33. The number of esters is 1. The predicted molar refractivity (Wildman–Crippen MR) is 63.3 cm³/mol. The number of aliphatic hydroxyl groups excluding tert-OH is 1. The van der Waals surface area contributed by atoms with E-state index in [-0.39, 0.29) is 5.97 Å². The van der Waals surface area contributed by atoms with Crippen LogP contribution in [-0.4, -0.2) is 41.3 Å². The van der Waals surface area contributed by atoms with Gasteiger partial charge in [-0.25, -0.2) is 0 Å². The third-order valence-electron chi connectivity index (χ3n) is 2.88. The molecule has 2 unspecified atom stereocenters. The molecule has 1 aliphatic rings. The normalized spacial score (nSPS) is 24.8. The van der Waals surface area contributed by atoms with Crippen LogP contribution in [-0.2, 0) is 16.1 Å². The van der Waals surface area contributed by atoms with E-state index >= 15 is 0 Å². The maximum atomic E-state index is 10.9. The van der Waals surface area contributed by atoms with Crippen molar-refractivity contribution in [3.8, 4) is 0 Å². The van der Waals surface area contributed by atoms with Gasteiger partial charge in [-0.1, -0.05) is 30.3 Å². The van der Waals surface area contributed by atoms with Gasteiger partial charge in [0.2, 0.25) is 0 Å². The fourth-order valence-corrected chi connectivity index (χ4v) is 2.13. The van der Waals surface area contributed by atoms with Crippen LogP contribution in [0.25, 0.3) is 0 Å². The summed E-state index contributed by atoms with van der Waals surface area (Å²) in [6.07, 6.45) is -0.973. The molecule has 92 valence electrons. The topological polar surface area (TPSA) is 49.8 Å². The lowest BCUT2D eigenvalue weighted by molar-refractivity contribution is -0.149. The summed E-state index contributed by atoms with van der Waals surface area (Å²) < 4.78 is 5.06. The molecule has 0 amide bonds. The summed E-state index contributed by atoms with van der Waals surface area (Å²) in [6, 6.07) is 10.1. The number of benzene rings is 1. The second-order valence-electron chi connectivity index (χ2n) is 4.39. The van der Waals surface area contributed by atoms with E-state index in [0.29, 0.717) is 13.1 Å². The van der Waals surface area contributed by atoms with Gasteiger partial charge in [0.15, 0.2) is 0 Å². The number of rotatable bonds is 3. The minimum absolute atomic E-state index is 0.337. The predicted octanol–water partition coefficient (Wildman–Crippen LogP) is 0.795. The molecule has 0 saturated carbocycles. The third kappa shape index (κ3) is 3.28. The lowest BCUT2D eigenvalue weighted by Crippen LogP contribution is -2.28. The Labute approximate surface area is 101 Å². The molecule has 1 aromatic rings. The smallest absolute Gasteiger partial charge is 0.303 e. The molecule has 4 heteroatoms. The number of hydrogen-bond donors (Lipinski definition) is 1. The van der Waals surface area contributed by atoms with Crippen molar-refractivity contribution in [3.05, 3.63) is 35.9 Å². The average molecular weight is 235 g/mol. The van der Waals surface area contributed by atoms with Crippen molar-refractivity contribution in [2.45, 2.75) is 25.7 Å². The van der Waals surface area contributed by atoms with Crippen molar-refractivity contribution < 1.29 is 14.6 Å². The summed E-state index contributed by atoms with van der Waals surface area (Å²) in [4.78, 5) is 12.9. The Morgan fingerprint density at radius 1 is 1.41 bits per heavy atom. The van der Waals surface area contributed by atoms with Gasteiger partial charge >= 0.3 is 5.97 Å².